The fraction of sp³-hybridized carbons (Fsp3) is 0.364. The fourth-order valence-electron chi connectivity index (χ4n) is 4.35. The molecule has 2 heterocycles. The monoisotopic (exact) mass is 413 g/mol. The molecule has 30 heavy (non-hydrogen) atoms. The van der Waals surface area contributed by atoms with E-state index in [1.807, 2.05) is 30.3 Å². The van der Waals surface area contributed by atoms with Gasteiger partial charge in [-0.3, -0.25) is 10.1 Å². The van der Waals surface area contributed by atoms with Crippen LogP contribution < -0.4 is 5.32 Å². The van der Waals surface area contributed by atoms with Crippen LogP contribution in [0.2, 0.25) is 0 Å². The van der Waals surface area contributed by atoms with Crippen LogP contribution in [0.5, 0.6) is 0 Å². The molecule has 2 aliphatic rings. The van der Waals surface area contributed by atoms with Crippen molar-refractivity contribution < 1.29 is 23.9 Å². The number of benzene rings is 2. The van der Waals surface area contributed by atoms with Crippen LogP contribution in [0.25, 0.3) is 0 Å². The Hall–Kier alpha value is -2.97. The summed E-state index contributed by atoms with van der Waals surface area (Å²) in [7, 11) is 0. The van der Waals surface area contributed by atoms with E-state index in [9.17, 15) is 14.0 Å². The number of hydroxylamine groups is 2. The Bertz CT molecular complexity index is 916. The van der Waals surface area contributed by atoms with Gasteiger partial charge in [-0.05, 0) is 18.1 Å². The first-order valence-corrected chi connectivity index (χ1v) is 9.99. The standard InChI is InChI=1S/C22H24FN3O4/c23-18-9-5-4-8-17(18)15-26-20(27)19(14-16-6-2-1-3-7-16)24-22(26)10-12-25(13-11-22)30-21(28)29/h1-9,19,24H,10-15H2,(H,28,29). The van der Waals surface area contributed by atoms with Crippen LogP contribution in [-0.2, 0) is 22.6 Å². The van der Waals surface area contributed by atoms with Crippen LogP contribution in [0.1, 0.15) is 24.0 Å². The van der Waals surface area contributed by atoms with Gasteiger partial charge in [-0.1, -0.05) is 48.5 Å². The summed E-state index contributed by atoms with van der Waals surface area (Å²) in [6.07, 6.45) is 0.133. The van der Waals surface area contributed by atoms with E-state index in [-0.39, 0.29) is 18.3 Å². The van der Waals surface area contributed by atoms with Gasteiger partial charge in [0.15, 0.2) is 0 Å². The van der Waals surface area contributed by atoms with Crippen molar-refractivity contribution in [3.63, 3.8) is 0 Å². The SMILES string of the molecule is O=C(O)ON1CCC2(CC1)NC(Cc1ccccc1)C(=O)N2Cc1ccccc1F. The number of carbonyl (C=O) groups excluding carboxylic acids is 1. The number of amides is 1. The predicted molar refractivity (Wildman–Crippen MR) is 107 cm³/mol. The third-order valence-corrected chi connectivity index (χ3v) is 5.85. The molecule has 2 saturated heterocycles. The zero-order valence-corrected chi connectivity index (χ0v) is 16.5. The van der Waals surface area contributed by atoms with Crippen LogP contribution >= 0.6 is 0 Å². The van der Waals surface area contributed by atoms with Crippen molar-refractivity contribution in [2.24, 2.45) is 0 Å². The summed E-state index contributed by atoms with van der Waals surface area (Å²) in [4.78, 5) is 30.7. The third-order valence-electron chi connectivity index (χ3n) is 5.85. The summed E-state index contributed by atoms with van der Waals surface area (Å²) in [6, 6.07) is 15.8. The first kappa shape index (κ1) is 20.3. The van der Waals surface area contributed by atoms with Gasteiger partial charge < -0.3 is 14.8 Å². The lowest BCUT2D eigenvalue weighted by Crippen LogP contribution is -2.58. The number of nitrogens with zero attached hydrogens (tertiary/aromatic N) is 2. The van der Waals surface area contributed by atoms with Crippen LogP contribution in [0.4, 0.5) is 9.18 Å². The fourth-order valence-corrected chi connectivity index (χ4v) is 4.35. The third kappa shape index (κ3) is 4.15. The average Bonchev–Trinajstić information content (AvgIpc) is 2.97. The Labute approximate surface area is 174 Å². The topological polar surface area (TPSA) is 82.1 Å². The molecular formula is C22H24FN3O4. The molecule has 1 atom stereocenters. The first-order chi connectivity index (χ1) is 14.5. The lowest BCUT2D eigenvalue weighted by atomic mass is 9.96. The number of nitrogens with one attached hydrogen (secondary N) is 1. The van der Waals surface area contributed by atoms with E-state index in [1.54, 1.807) is 23.1 Å². The quantitative estimate of drug-likeness (QED) is 0.785. The molecule has 2 aromatic carbocycles. The summed E-state index contributed by atoms with van der Waals surface area (Å²) < 4.78 is 14.3. The van der Waals surface area contributed by atoms with Gasteiger partial charge in [0.2, 0.25) is 5.91 Å². The number of halogens is 1. The summed E-state index contributed by atoms with van der Waals surface area (Å²) in [5.74, 6) is -0.423. The van der Waals surface area contributed by atoms with Gasteiger partial charge in [0.1, 0.15) is 5.82 Å². The molecular weight excluding hydrogens is 389 g/mol. The van der Waals surface area contributed by atoms with Crippen molar-refractivity contribution in [3.05, 3.63) is 71.5 Å². The van der Waals surface area contributed by atoms with Gasteiger partial charge in [0.05, 0.1) is 18.2 Å². The smallest absolute Gasteiger partial charge is 0.448 e. The highest BCUT2D eigenvalue weighted by molar-refractivity contribution is 5.85. The minimum absolute atomic E-state index is 0.0743. The van der Waals surface area contributed by atoms with Crippen LogP contribution in [0, 0.1) is 5.82 Å². The second-order valence-corrected chi connectivity index (χ2v) is 7.72. The molecule has 1 amide bonds. The highest BCUT2D eigenvalue weighted by Gasteiger charge is 2.51. The van der Waals surface area contributed by atoms with Gasteiger partial charge in [0.25, 0.3) is 0 Å². The highest BCUT2D eigenvalue weighted by atomic mass is 19.1. The average molecular weight is 413 g/mol. The Morgan fingerprint density at radius 1 is 1.13 bits per heavy atom. The van der Waals surface area contributed by atoms with Crippen LogP contribution in [-0.4, -0.2) is 51.9 Å². The molecule has 0 saturated carbocycles. The van der Waals surface area contributed by atoms with Gasteiger partial charge >= 0.3 is 6.16 Å². The van der Waals surface area contributed by atoms with E-state index in [0.717, 1.165) is 5.56 Å². The number of carbonyl (C=O) groups is 2. The molecule has 158 valence electrons. The van der Waals surface area contributed by atoms with Crippen molar-refractivity contribution >= 4 is 12.1 Å². The molecule has 8 heteroatoms. The molecule has 1 unspecified atom stereocenters. The lowest BCUT2D eigenvalue weighted by molar-refractivity contribution is -0.157. The molecule has 0 aromatic heterocycles. The van der Waals surface area contributed by atoms with Crippen LogP contribution in [0.15, 0.2) is 54.6 Å². The Balaban J connectivity index is 1.57. The van der Waals surface area contributed by atoms with E-state index >= 15 is 0 Å². The molecule has 2 N–H and O–H groups in total. The van der Waals surface area contributed by atoms with Crippen molar-refractivity contribution in [3.8, 4) is 0 Å². The van der Waals surface area contributed by atoms with Crippen molar-refractivity contribution in [2.75, 3.05) is 13.1 Å². The summed E-state index contributed by atoms with van der Waals surface area (Å²) in [5.41, 5.74) is 0.825. The molecule has 4 rings (SSSR count). The lowest BCUT2D eigenvalue weighted by Gasteiger charge is -2.43. The number of rotatable bonds is 5. The molecule has 2 aromatic rings. The minimum atomic E-state index is -1.36. The first-order valence-electron chi connectivity index (χ1n) is 9.99. The molecule has 7 nitrogen and oxygen atoms in total. The molecule has 2 fully saturated rings. The highest BCUT2D eigenvalue weighted by Crippen LogP contribution is 2.35. The molecule has 0 aliphatic carbocycles. The summed E-state index contributed by atoms with van der Waals surface area (Å²) in [5, 5.41) is 13.7. The second kappa shape index (κ2) is 8.41. The van der Waals surface area contributed by atoms with E-state index < -0.39 is 17.9 Å². The zero-order valence-electron chi connectivity index (χ0n) is 16.5. The largest absolute Gasteiger partial charge is 0.525 e. The van der Waals surface area contributed by atoms with E-state index in [0.29, 0.717) is 37.9 Å². The van der Waals surface area contributed by atoms with E-state index in [4.69, 9.17) is 9.94 Å². The Morgan fingerprint density at radius 3 is 2.47 bits per heavy atom. The van der Waals surface area contributed by atoms with Crippen molar-refractivity contribution in [1.82, 2.24) is 15.3 Å². The predicted octanol–water partition coefficient (Wildman–Crippen LogP) is 2.77. The van der Waals surface area contributed by atoms with Gasteiger partial charge in [-0.25, -0.2) is 9.18 Å². The Kier molecular flexibility index (Phi) is 5.69. The maximum Gasteiger partial charge on any atom is 0.525 e. The van der Waals surface area contributed by atoms with E-state index in [2.05, 4.69) is 5.32 Å². The molecule has 2 aliphatic heterocycles. The zero-order chi connectivity index (χ0) is 21.1. The van der Waals surface area contributed by atoms with Gasteiger partial charge in [0, 0.05) is 31.5 Å². The van der Waals surface area contributed by atoms with Crippen molar-refractivity contribution in [2.45, 2.75) is 37.5 Å². The maximum atomic E-state index is 14.3. The second-order valence-electron chi connectivity index (χ2n) is 7.72. The number of hydrogen-bond acceptors (Lipinski definition) is 5. The van der Waals surface area contributed by atoms with Crippen LogP contribution in [0.3, 0.4) is 0 Å². The summed E-state index contributed by atoms with van der Waals surface area (Å²) in [6.45, 7) is 0.848. The maximum absolute atomic E-state index is 14.3. The summed E-state index contributed by atoms with van der Waals surface area (Å²) >= 11 is 0. The number of carboxylic acid groups (broad SMARTS) is 1. The normalized spacial score (nSPS) is 21.2. The molecule has 0 bridgehead atoms. The van der Waals surface area contributed by atoms with Gasteiger partial charge in [-0.2, -0.15) is 0 Å². The number of hydrogen-bond donors (Lipinski definition) is 2. The van der Waals surface area contributed by atoms with Crippen molar-refractivity contribution in [1.29, 1.82) is 0 Å². The van der Waals surface area contributed by atoms with Gasteiger partial charge in [-0.15, -0.1) is 5.06 Å². The molecule has 0 radical (unpaired) electrons. The minimum Gasteiger partial charge on any atom is -0.448 e. The number of piperidine rings is 1. The Morgan fingerprint density at radius 2 is 1.80 bits per heavy atom. The molecule has 1 spiro atoms. The van der Waals surface area contributed by atoms with E-state index in [1.165, 1.54) is 11.1 Å².